The molecule has 0 fully saturated rings. The van der Waals surface area contributed by atoms with Crippen LogP contribution >= 0.6 is 0 Å². The fourth-order valence-corrected chi connectivity index (χ4v) is 5.64. The minimum absolute atomic E-state index is 0.158. The molecular weight excluding hydrogens is 594 g/mol. The lowest BCUT2D eigenvalue weighted by molar-refractivity contribution is -0.133. The topological polar surface area (TPSA) is 153 Å². The van der Waals surface area contributed by atoms with E-state index in [1.165, 1.54) is 72.3 Å². The van der Waals surface area contributed by atoms with E-state index in [0.29, 0.717) is 16.3 Å². The van der Waals surface area contributed by atoms with Gasteiger partial charge in [0.05, 0.1) is 47.1 Å². The van der Waals surface area contributed by atoms with Gasteiger partial charge in [-0.1, -0.05) is 30.3 Å². The van der Waals surface area contributed by atoms with Crippen LogP contribution in [0.15, 0.2) is 78.9 Å². The summed E-state index contributed by atoms with van der Waals surface area (Å²) in [6.07, 6.45) is 0. The van der Waals surface area contributed by atoms with E-state index in [1.807, 2.05) is 12.1 Å². The van der Waals surface area contributed by atoms with Gasteiger partial charge in [0.15, 0.2) is 0 Å². The molecule has 0 bridgehead atoms. The molecule has 4 aromatic carbocycles. The summed E-state index contributed by atoms with van der Waals surface area (Å²) < 4.78 is 32.1. The maximum atomic E-state index is 14.7. The summed E-state index contributed by atoms with van der Waals surface area (Å²) in [7, 11) is 1.46. The number of halogens is 2. The van der Waals surface area contributed by atoms with E-state index in [9.17, 15) is 33.7 Å². The van der Waals surface area contributed by atoms with E-state index in [4.69, 9.17) is 10.5 Å². The van der Waals surface area contributed by atoms with Crippen molar-refractivity contribution in [3.05, 3.63) is 101 Å². The molecule has 0 saturated carbocycles. The second-order valence-corrected chi connectivity index (χ2v) is 10.9. The average Bonchev–Trinajstić information content (AvgIpc) is 3.18. The molecule has 0 aliphatic carbocycles. The summed E-state index contributed by atoms with van der Waals surface area (Å²) in [6, 6.07) is 24.3. The molecular formula is C34H28F2N6O4. The van der Waals surface area contributed by atoms with Crippen LogP contribution in [0.4, 0.5) is 20.2 Å². The lowest BCUT2D eigenvalue weighted by atomic mass is 9.83. The largest absolute Gasteiger partial charge is 0.434 e. The number of fused-ring (bicyclic) bond motifs is 2. The molecule has 0 spiro atoms. The summed E-state index contributed by atoms with van der Waals surface area (Å²) >= 11 is 0. The fourth-order valence-electron chi connectivity index (χ4n) is 5.64. The van der Waals surface area contributed by atoms with E-state index < -0.39 is 35.8 Å². The van der Waals surface area contributed by atoms with E-state index in [1.54, 1.807) is 30.3 Å². The van der Waals surface area contributed by atoms with Crippen molar-refractivity contribution in [1.82, 2.24) is 5.32 Å². The molecule has 232 valence electrons. The number of carbonyl (C=O) groups is 3. The van der Waals surface area contributed by atoms with Gasteiger partial charge in [-0.05, 0) is 73.3 Å². The van der Waals surface area contributed by atoms with Crippen molar-refractivity contribution in [2.75, 3.05) is 23.4 Å². The van der Waals surface area contributed by atoms with Crippen LogP contribution in [-0.4, -0.2) is 43.5 Å². The Hall–Kier alpha value is -5.85. The molecule has 46 heavy (non-hydrogen) atoms. The number of nitriles is 2. The van der Waals surface area contributed by atoms with Crippen LogP contribution in [0, 0.1) is 28.6 Å². The van der Waals surface area contributed by atoms with Crippen molar-refractivity contribution in [1.29, 1.82) is 10.5 Å². The minimum Gasteiger partial charge on any atom is -0.434 e. The summed E-state index contributed by atoms with van der Waals surface area (Å²) in [5.74, 6) is -3.52. The number of amides is 3. The number of ether oxygens (including phenoxy) is 1. The molecule has 5 rings (SSSR count). The Morgan fingerprint density at radius 3 is 2.33 bits per heavy atom. The highest BCUT2D eigenvalue weighted by atomic mass is 19.3. The van der Waals surface area contributed by atoms with Gasteiger partial charge in [0, 0.05) is 17.7 Å². The Labute approximate surface area is 263 Å². The van der Waals surface area contributed by atoms with Gasteiger partial charge in [0.25, 0.3) is 5.91 Å². The van der Waals surface area contributed by atoms with E-state index >= 15 is 0 Å². The number of nitrogens with one attached hydrogen (secondary N) is 1. The number of alkyl halides is 2. The van der Waals surface area contributed by atoms with Crippen LogP contribution in [0.1, 0.15) is 34.0 Å². The van der Waals surface area contributed by atoms with Crippen LogP contribution < -0.4 is 25.6 Å². The molecule has 4 aromatic rings. The van der Waals surface area contributed by atoms with Crippen LogP contribution in [0.3, 0.4) is 0 Å². The van der Waals surface area contributed by atoms with Crippen LogP contribution in [-0.2, 0) is 16.1 Å². The SMILES string of the molecule is CNC(C)(C(N)=O)[C@@H]1CN(C(=O)c2ccc(C#N)cc2)c2cc(C#N)ccc2N(Cc2c(OC(F)F)ccc3ccccc23)C1=O. The van der Waals surface area contributed by atoms with Gasteiger partial charge in [-0.15, -0.1) is 0 Å². The summed E-state index contributed by atoms with van der Waals surface area (Å²) in [5.41, 5.74) is 5.46. The third kappa shape index (κ3) is 5.70. The zero-order valence-corrected chi connectivity index (χ0v) is 24.8. The minimum atomic E-state index is -3.15. The molecule has 0 radical (unpaired) electrons. The van der Waals surface area contributed by atoms with Crippen molar-refractivity contribution in [3.8, 4) is 17.9 Å². The third-order valence-corrected chi connectivity index (χ3v) is 8.38. The zero-order chi connectivity index (χ0) is 33.2. The predicted molar refractivity (Wildman–Crippen MR) is 166 cm³/mol. The first-order chi connectivity index (χ1) is 22.0. The first-order valence-corrected chi connectivity index (χ1v) is 14.1. The molecule has 1 aliphatic heterocycles. The number of rotatable bonds is 8. The lowest BCUT2D eigenvalue weighted by Crippen LogP contribution is -2.63. The van der Waals surface area contributed by atoms with Gasteiger partial charge in [-0.25, -0.2) is 0 Å². The highest BCUT2D eigenvalue weighted by Crippen LogP contribution is 2.41. The number of hydrogen-bond acceptors (Lipinski definition) is 7. The van der Waals surface area contributed by atoms with Crippen LogP contribution in [0.5, 0.6) is 5.75 Å². The third-order valence-electron chi connectivity index (χ3n) is 8.38. The van der Waals surface area contributed by atoms with Crippen molar-refractivity contribution in [3.63, 3.8) is 0 Å². The molecule has 0 saturated heterocycles. The highest BCUT2D eigenvalue weighted by Gasteiger charge is 2.49. The Morgan fingerprint density at radius 2 is 1.70 bits per heavy atom. The van der Waals surface area contributed by atoms with Gasteiger partial charge in [-0.2, -0.15) is 19.3 Å². The average molecular weight is 623 g/mol. The maximum Gasteiger partial charge on any atom is 0.387 e. The summed E-state index contributed by atoms with van der Waals surface area (Å²) in [6.45, 7) is -2.34. The van der Waals surface area contributed by atoms with Gasteiger partial charge < -0.3 is 25.6 Å². The number of nitrogens with zero attached hydrogens (tertiary/aromatic N) is 4. The standard InChI is InChI=1S/C34H28F2N6O4/c1-34(40-2,32(39)45)26-19-42(30(43)23-10-7-20(16-37)8-11-23)28-15-21(17-38)9-13-27(28)41(31(26)44)18-25-24-6-4-3-5-22(24)12-14-29(25)46-33(35)36/h3-15,26,33,40H,18-19H2,1-2H3,(H2,39,45)/t26-,34?/m1/s1. The summed E-state index contributed by atoms with van der Waals surface area (Å²) in [4.78, 5) is 44.4. The van der Waals surface area contributed by atoms with Gasteiger partial charge >= 0.3 is 6.61 Å². The Bertz CT molecular complexity index is 1940. The molecule has 3 N–H and O–H groups in total. The highest BCUT2D eigenvalue weighted by molar-refractivity contribution is 6.13. The Morgan fingerprint density at radius 1 is 1.02 bits per heavy atom. The molecule has 1 unspecified atom stereocenters. The van der Waals surface area contributed by atoms with E-state index in [-0.39, 0.29) is 46.9 Å². The smallest absolute Gasteiger partial charge is 0.387 e. The van der Waals surface area contributed by atoms with Crippen LogP contribution in [0.25, 0.3) is 10.8 Å². The number of carbonyl (C=O) groups excluding carboxylic acids is 3. The number of primary amides is 1. The second-order valence-electron chi connectivity index (χ2n) is 10.9. The molecule has 12 heteroatoms. The quantitative estimate of drug-likeness (QED) is 0.294. The first kappa shape index (κ1) is 31.6. The lowest BCUT2D eigenvalue weighted by Gasteiger charge is -2.36. The Balaban J connectivity index is 1.76. The number of likely N-dealkylation sites (N-methyl/N-ethyl adjacent to an activating group) is 1. The van der Waals surface area contributed by atoms with Crippen molar-refractivity contribution in [2.45, 2.75) is 25.6 Å². The molecule has 1 heterocycles. The number of anilines is 2. The first-order valence-electron chi connectivity index (χ1n) is 14.1. The molecule has 1 aliphatic rings. The maximum absolute atomic E-state index is 14.7. The van der Waals surface area contributed by atoms with Crippen LogP contribution in [0.2, 0.25) is 0 Å². The van der Waals surface area contributed by atoms with Crippen molar-refractivity contribution >= 4 is 39.9 Å². The van der Waals surface area contributed by atoms with Gasteiger partial charge in [0.2, 0.25) is 11.8 Å². The van der Waals surface area contributed by atoms with Crippen molar-refractivity contribution < 1.29 is 27.9 Å². The monoisotopic (exact) mass is 622 g/mol. The van der Waals surface area contributed by atoms with Gasteiger partial charge in [0.1, 0.15) is 11.3 Å². The predicted octanol–water partition coefficient (Wildman–Crippen LogP) is 4.46. The van der Waals surface area contributed by atoms with Gasteiger partial charge in [-0.3, -0.25) is 14.4 Å². The van der Waals surface area contributed by atoms with E-state index in [0.717, 1.165) is 0 Å². The normalized spacial score (nSPS) is 15.8. The van der Waals surface area contributed by atoms with E-state index in [2.05, 4.69) is 5.32 Å². The molecule has 2 atom stereocenters. The molecule has 10 nitrogen and oxygen atoms in total. The number of hydrogen-bond donors (Lipinski definition) is 2. The molecule has 0 aromatic heterocycles. The number of nitrogens with two attached hydrogens (primary N) is 1. The zero-order valence-electron chi connectivity index (χ0n) is 24.8. The second kappa shape index (κ2) is 12.6. The number of benzene rings is 4. The Kier molecular flexibility index (Phi) is 8.67. The fraction of sp³-hybridized carbons (Fsp3) is 0.206. The molecule has 3 amide bonds. The van der Waals surface area contributed by atoms with Crippen molar-refractivity contribution in [2.24, 2.45) is 11.7 Å². The summed E-state index contributed by atoms with van der Waals surface area (Å²) in [5, 5.41) is 23.1.